The van der Waals surface area contributed by atoms with Gasteiger partial charge in [0, 0.05) is 42.6 Å². The fraction of sp³-hybridized carbons (Fsp3) is 0.576. The molecule has 4 atom stereocenters. The van der Waals surface area contributed by atoms with Crippen LogP contribution in [0.4, 0.5) is 9.59 Å². The van der Waals surface area contributed by atoms with Crippen LogP contribution in [-0.2, 0) is 49.3 Å². The summed E-state index contributed by atoms with van der Waals surface area (Å²) >= 11 is 1.63. The minimum atomic E-state index is -1.23. The highest BCUT2D eigenvalue weighted by Gasteiger charge is 2.35. The first-order valence-electron chi connectivity index (χ1n) is 27.0. The minimum absolute atomic E-state index is 0.0303. The van der Waals surface area contributed by atoms with Crippen LogP contribution in [0.2, 0.25) is 0 Å². The van der Waals surface area contributed by atoms with E-state index in [0.29, 0.717) is 38.6 Å². The maximum absolute atomic E-state index is 14.1. The van der Waals surface area contributed by atoms with Crippen molar-refractivity contribution in [1.29, 1.82) is 0 Å². The Balaban J connectivity index is 1.01. The third-order valence-corrected chi connectivity index (χ3v) is 14.6. The molecule has 2 aromatic carbocycles. The summed E-state index contributed by atoms with van der Waals surface area (Å²) in [5, 5.41) is 16.4. The zero-order chi connectivity index (χ0) is 55.4. The molecule has 76 heavy (non-hydrogen) atoms. The van der Waals surface area contributed by atoms with Crippen LogP contribution in [0.25, 0.3) is 17.2 Å². The number of hydrogen-bond donors (Lipinski definition) is 5. The number of esters is 3. The van der Waals surface area contributed by atoms with Gasteiger partial charge in [-0.05, 0) is 177 Å². The molecule has 414 valence electrons. The maximum atomic E-state index is 14.1. The largest absolute Gasteiger partial charge is 0.460 e. The average molecular weight is 1070 g/mol. The molecule has 6 rings (SSSR count). The number of carbonyl (C=O) groups excluding carboxylic acids is 7. The molecule has 0 bridgehead atoms. The summed E-state index contributed by atoms with van der Waals surface area (Å²) in [6, 6.07) is 12.4. The molecule has 1 aromatic heterocycles. The molecule has 1 saturated carbocycles. The number of fused-ring (bicyclic) bond motifs is 4. The van der Waals surface area contributed by atoms with Crippen molar-refractivity contribution in [1.82, 2.24) is 26.6 Å². The van der Waals surface area contributed by atoms with Crippen molar-refractivity contribution in [2.24, 2.45) is 11.8 Å². The summed E-state index contributed by atoms with van der Waals surface area (Å²) in [6.45, 7) is 18.5. The molecule has 0 aliphatic heterocycles. The predicted octanol–water partition coefficient (Wildman–Crippen LogP) is 9.77. The number of benzene rings is 2. The Labute approximate surface area is 453 Å². The van der Waals surface area contributed by atoms with Crippen molar-refractivity contribution in [2.75, 3.05) is 19.7 Å². The fourth-order valence-electron chi connectivity index (χ4n) is 10.1. The van der Waals surface area contributed by atoms with Gasteiger partial charge in [-0.2, -0.15) is 0 Å². The number of carbonyl (C=O) groups is 7. The van der Waals surface area contributed by atoms with Gasteiger partial charge in [0.05, 0.1) is 0 Å². The van der Waals surface area contributed by atoms with E-state index >= 15 is 0 Å². The number of unbranched alkanes of at least 4 members (excludes halogenated alkanes) is 1. The predicted molar refractivity (Wildman–Crippen MR) is 293 cm³/mol. The topological polar surface area (TPSA) is 217 Å². The van der Waals surface area contributed by atoms with E-state index in [9.17, 15) is 33.6 Å². The first kappa shape index (κ1) is 59.0. The first-order valence-corrected chi connectivity index (χ1v) is 27.9. The molecule has 16 nitrogen and oxygen atoms in total. The van der Waals surface area contributed by atoms with E-state index in [2.05, 4.69) is 75.3 Å². The van der Waals surface area contributed by atoms with Gasteiger partial charge in [0.25, 0.3) is 0 Å². The Morgan fingerprint density at radius 2 is 1.26 bits per heavy atom. The first-order chi connectivity index (χ1) is 35.8. The Kier molecular flexibility index (Phi) is 20.4. The number of ether oxygens (including phenoxy) is 4. The van der Waals surface area contributed by atoms with Gasteiger partial charge in [-0.15, -0.1) is 11.3 Å². The van der Waals surface area contributed by atoms with Gasteiger partial charge in [-0.1, -0.05) is 61.5 Å². The zero-order valence-electron chi connectivity index (χ0n) is 46.2. The Morgan fingerprint density at radius 1 is 0.684 bits per heavy atom. The fourth-order valence-corrected chi connectivity index (χ4v) is 11.2. The van der Waals surface area contributed by atoms with E-state index in [1.807, 2.05) is 24.3 Å². The number of thiophene rings is 1. The van der Waals surface area contributed by atoms with E-state index in [0.717, 1.165) is 40.8 Å². The standard InChI is InChI=1S/C59H81N5O11S/c1-36-18-17-24-48-50(36)39(35-76-48)32-47(62-51(66)38-27-25-37(26-28-38)33-61-56(71)72-34-44-42-21-13-11-19-40(42)41-20-12-14-22-43(41)44)52(67)60-31-16-15-23-45(53(68)74-58(5,6)7)63-55(70)64-46(54(69)75-59(8,9)10)29-30-49(65)73-57(2,3)4/h11-14,17,19-22,24,35-38,44-47H,15-16,18,23,25-34H2,1-10H3,(H,60,67)(H,61,71)(H,62,66)(H2,63,64,70)/t36?,37?,38?,45-,46-,47-/m0/s1. The molecular weight excluding hydrogens is 987 g/mol. The van der Waals surface area contributed by atoms with Crippen LogP contribution in [0.5, 0.6) is 0 Å². The van der Waals surface area contributed by atoms with Gasteiger partial charge in [-0.3, -0.25) is 14.4 Å². The molecular formula is C59H81N5O11S. The second kappa shape index (κ2) is 26.2. The number of alkyl carbamates (subject to hydrolysis) is 1. The number of hydrogen-bond acceptors (Lipinski definition) is 12. The quantitative estimate of drug-likeness (QED) is 0.0384. The molecule has 0 radical (unpaired) electrons. The Morgan fingerprint density at radius 3 is 1.86 bits per heavy atom. The van der Waals surface area contributed by atoms with E-state index in [4.69, 9.17) is 18.9 Å². The average Bonchev–Trinajstić information content (AvgIpc) is 3.90. The molecule has 3 aliphatic carbocycles. The van der Waals surface area contributed by atoms with E-state index in [-0.39, 0.29) is 67.9 Å². The van der Waals surface area contributed by atoms with Gasteiger partial charge in [0.15, 0.2) is 0 Å². The van der Waals surface area contributed by atoms with Crippen molar-refractivity contribution in [2.45, 2.75) is 187 Å². The SMILES string of the molecule is CC1CC=Cc2scc(C[C@H](NC(=O)C3CCC(CNC(=O)OCC4c5ccccc5-c5ccccc54)CC3)C(=O)NCCCC[C@H](NC(=O)N[C@@H](CCC(=O)OC(C)(C)C)C(=O)OC(C)(C)C)C(=O)OC(C)(C)C)c21. The Bertz CT molecular complexity index is 2520. The van der Waals surface area contributed by atoms with Crippen molar-refractivity contribution < 1.29 is 52.5 Å². The van der Waals surface area contributed by atoms with Crippen molar-refractivity contribution in [3.05, 3.63) is 87.1 Å². The number of urea groups is 1. The normalized spacial score (nSPS) is 18.3. The molecule has 5 amide bonds. The van der Waals surface area contributed by atoms with E-state index < -0.39 is 65.0 Å². The summed E-state index contributed by atoms with van der Waals surface area (Å²) in [5.74, 6) is -2.35. The van der Waals surface area contributed by atoms with Gasteiger partial charge in [-0.25, -0.2) is 19.2 Å². The molecule has 5 N–H and O–H groups in total. The second-order valence-electron chi connectivity index (χ2n) is 23.5. The zero-order valence-corrected chi connectivity index (χ0v) is 47.0. The van der Waals surface area contributed by atoms with Crippen LogP contribution < -0.4 is 26.6 Å². The van der Waals surface area contributed by atoms with Crippen LogP contribution in [0, 0.1) is 11.8 Å². The van der Waals surface area contributed by atoms with E-state index in [1.165, 1.54) is 16.7 Å². The molecule has 1 unspecified atom stereocenters. The van der Waals surface area contributed by atoms with E-state index in [1.54, 1.807) is 73.7 Å². The molecule has 3 aromatic rings. The number of nitrogens with one attached hydrogen (secondary N) is 5. The molecule has 0 saturated heterocycles. The third-order valence-electron chi connectivity index (χ3n) is 13.6. The summed E-state index contributed by atoms with van der Waals surface area (Å²) in [6.07, 6.45) is 8.41. The highest BCUT2D eigenvalue weighted by Crippen LogP contribution is 2.44. The van der Waals surface area contributed by atoms with Crippen molar-refractivity contribution in [3.8, 4) is 11.1 Å². The number of allylic oxidation sites excluding steroid dienone is 1. The van der Waals surface area contributed by atoms with Gasteiger partial charge in [0.2, 0.25) is 11.8 Å². The molecule has 1 heterocycles. The lowest BCUT2D eigenvalue weighted by molar-refractivity contribution is -0.159. The van der Waals surface area contributed by atoms with Gasteiger partial charge >= 0.3 is 30.0 Å². The van der Waals surface area contributed by atoms with Crippen LogP contribution in [0.3, 0.4) is 0 Å². The smallest absolute Gasteiger partial charge is 0.407 e. The minimum Gasteiger partial charge on any atom is -0.460 e. The summed E-state index contributed by atoms with van der Waals surface area (Å²) in [5.41, 5.74) is 4.38. The molecule has 1 fully saturated rings. The van der Waals surface area contributed by atoms with Crippen LogP contribution in [0.15, 0.2) is 60.0 Å². The maximum Gasteiger partial charge on any atom is 0.407 e. The molecule has 3 aliphatic rings. The Hall–Kier alpha value is -6.23. The van der Waals surface area contributed by atoms with Crippen LogP contribution in [0.1, 0.15) is 172 Å². The van der Waals surface area contributed by atoms with Crippen molar-refractivity contribution >= 4 is 59.3 Å². The van der Waals surface area contributed by atoms with Gasteiger partial charge in [0.1, 0.15) is 41.5 Å². The molecule has 0 spiro atoms. The molecule has 17 heteroatoms. The lowest BCUT2D eigenvalue weighted by atomic mass is 9.81. The highest BCUT2D eigenvalue weighted by molar-refractivity contribution is 7.11. The van der Waals surface area contributed by atoms with Gasteiger partial charge < -0.3 is 45.5 Å². The van der Waals surface area contributed by atoms with Crippen LogP contribution in [-0.4, -0.2) is 96.5 Å². The summed E-state index contributed by atoms with van der Waals surface area (Å²) in [7, 11) is 0. The van der Waals surface area contributed by atoms with Crippen LogP contribution >= 0.6 is 11.3 Å². The van der Waals surface area contributed by atoms with Crippen molar-refractivity contribution in [3.63, 3.8) is 0 Å². The lowest BCUT2D eigenvalue weighted by Gasteiger charge is -2.29. The number of amides is 5. The summed E-state index contributed by atoms with van der Waals surface area (Å²) in [4.78, 5) is 95.0. The highest BCUT2D eigenvalue weighted by atomic mass is 32.1. The lowest BCUT2D eigenvalue weighted by Crippen LogP contribution is -2.53. The summed E-state index contributed by atoms with van der Waals surface area (Å²) < 4.78 is 22.4. The number of rotatable bonds is 21. The monoisotopic (exact) mass is 1070 g/mol. The second-order valence-corrected chi connectivity index (χ2v) is 24.4. The third kappa shape index (κ3) is 17.7.